The Morgan fingerprint density at radius 1 is 1.32 bits per heavy atom. The molecule has 1 amide bonds. The zero-order chi connectivity index (χ0) is 15.6. The second kappa shape index (κ2) is 9.41. The van der Waals surface area contributed by atoms with E-state index in [1.807, 2.05) is 24.3 Å². The van der Waals surface area contributed by atoms with Crippen molar-refractivity contribution in [1.82, 2.24) is 5.32 Å². The van der Waals surface area contributed by atoms with Crippen LogP contribution in [0, 0.1) is 0 Å². The molecule has 5 heteroatoms. The van der Waals surface area contributed by atoms with Crippen LogP contribution < -0.4 is 5.32 Å². The van der Waals surface area contributed by atoms with E-state index in [4.69, 9.17) is 4.84 Å². The average molecular weight is 365 g/mol. The standard InChI is InChI=1S/C17H21BrN2O2/c18-16-8-6-15(7-9-16)12-20-22-13-17(21)19-11-10-14-4-2-1-3-5-14/h4,6-9,12H,1-3,5,10-11,13H2,(H,19,21)/b20-12-. The number of carbonyl (C=O) groups excluding carboxylic acids is 1. The van der Waals surface area contributed by atoms with Crippen molar-refractivity contribution in [2.75, 3.05) is 13.2 Å². The number of allylic oxidation sites excluding steroid dienone is 1. The molecule has 1 aliphatic rings. The van der Waals surface area contributed by atoms with Crippen LogP contribution in [0.3, 0.4) is 0 Å². The van der Waals surface area contributed by atoms with Gasteiger partial charge in [0.1, 0.15) is 0 Å². The van der Waals surface area contributed by atoms with Crippen LogP contribution in [0.1, 0.15) is 37.7 Å². The molecule has 1 aliphatic carbocycles. The first-order valence-corrected chi connectivity index (χ1v) is 8.39. The van der Waals surface area contributed by atoms with Crippen LogP contribution in [-0.2, 0) is 9.63 Å². The van der Waals surface area contributed by atoms with Crippen molar-refractivity contribution in [1.29, 1.82) is 0 Å². The molecule has 2 rings (SSSR count). The van der Waals surface area contributed by atoms with Gasteiger partial charge >= 0.3 is 0 Å². The average Bonchev–Trinajstić information content (AvgIpc) is 2.54. The topological polar surface area (TPSA) is 50.7 Å². The Hall–Kier alpha value is -1.62. The summed E-state index contributed by atoms with van der Waals surface area (Å²) in [6.45, 7) is 0.622. The molecule has 0 fully saturated rings. The van der Waals surface area contributed by atoms with Crippen molar-refractivity contribution in [2.45, 2.75) is 32.1 Å². The van der Waals surface area contributed by atoms with Crippen LogP contribution in [-0.4, -0.2) is 25.3 Å². The van der Waals surface area contributed by atoms with E-state index in [-0.39, 0.29) is 12.5 Å². The molecule has 0 spiro atoms. The molecule has 0 unspecified atom stereocenters. The molecule has 0 aromatic heterocycles. The Morgan fingerprint density at radius 2 is 2.14 bits per heavy atom. The Balaban J connectivity index is 1.59. The quantitative estimate of drug-likeness (QED) is 0.454. The lowest BCUT2D eigenvalue weighted by atomic mass is 9.97. The molecule has 0 radical (unpaired) electrons. The summed E-state index contributed by atoms with van der Waals surface area (Å²) < 4.78 is 1.01. The van der Waals surface area contributed by atoms with Crippen molar-refractivity contribution < 1.29 is 9.63 Å². The van der Waals surface area contributed by atoms with Crippen molar-refractivity contribution in [3.8, 4) is 0 Å². The number of nitrogens with zero attached hydrogens (tertiary/aromatic N) is 1. The third-order valence-electron chi connectivity index (χ3n) is 3.50. The minimum absolute atomic E-state index is 0.0495. The van der Waals surface area contributed by atoms with Crippen molar-refractivity contribution in [3.63, 3.8) is 0 Å². The van der Waals surface area contributed by atoms with Gasteiger partial charge in [-0.15, -0.1) is 0 Å². The molecule has 0 atom stereocenters. The third kappa shape index (κ3) is 6.43. The van der Waals surface area contributed by atoms with Gasteiger partial charge in [-0.1, -0.05) is 44.9 Å². The van der Waals surface area contributed by atoms with Gasteiger partial charge in [0, 0.05) is 11.0 Å². The van der Waals surface area contributed by atoms with Crippen molar-refractivity contribution >= 4 is 28.1 Å². The largest absolute Gasteiger partial charge is 0.386 e. The van der Waals surface area contributed by atoms with Gasteiger partial charge < -0.3 is 10.2 Å². The van der Waals surface area contributed by atoms with Gasteiger partial charge in [0.05, 0.1) is 6.21 Å². The number of benzene rings is 1. The molecule has 0 saturated carbocycles. The predicted octanol–water partition coefficient (Wildman–Crippen LogP) is 3.81. The number of hydrogen-bond donors (Lipinski definition) is 1. The number of amides is 1. The van der Waals surface area contributed by atoms with Crippen LogP contribution in [0.25, 0.3) is 0 Å². The molecule has 1 aromatic rings. The molecule has 0 aliphatic heterocycles. The van der Waals surface area contributed by atoms with Crippen molar-refractivity contribution in [2.24, 2.45) is 5.16 Å². The maximum Gasteiger partial charge on any atom is 0.260 e. The SMILES string of the molecule is O=C(CO/N=C\c1ccc(Br)cc1)NCCC1=CCCCC1. The Labute approximate surface area is 139 Å². The Bertz CT molecular complexity index is 538. The lowest BCUT2D eigenvalue weighted by molar-refractivity contribution is -0.125. The van der Waals surface area contributed by atoms with Gasteiger partial charge in [0.2, 0.25) is 0 Å². The minimum atomic E-state index is -0.135. The first kappa shape index (κ1) is 16.7. The van der Waals surface area contributed by atoms with E-state index >= 15 is 0 Å². The Kier molecular flexibility index (Phi) is 7.16. The highest BCUT2D eigenvalue weighted by molar-refractivity contribution is 9.10. The maximum absolute atomic E-state index is 11.6. The molecule has 4 nitrogen and oxygen atoms in total. The normalized spacial score (nSPS) is 14.7. The lowest BCUT2D eigenvalue weighted by Gasteiger charge is -2.12. The van der Waals surface area contributed by atoms with Crippen LogP contribution in [0.15, 0.2) is 45.5 Å². The fraction of sp³-hybridized carbons (Fsp3) is 0.412. The van der Waals surface area contributed by atoms with E-state index in [2.05, 4.69) is 32.5 Å². The number of nitrogens with one attached hydrogen (secondary N) is 1. The van der Waals surface area contributed by atoms with E-state index in [1.165, 1.54) is 31.3 Å². The predicted molar refractivity (Wildman–Crippen MR) is 91.9 cm³/mol. The third-order valence-corrected chi connectivity index (χ3v) is 4.02. The maximum atomic E-state index is 11.6. The summed E-state index contributed by atoms with van der Waals surface area (Å²) in [5.41, 5.74) is 2.38. The summed E-state index contributed by atoms with van der Waals surface area (Å²) in [5.74, 6) is -0.135. The highest BCUT2D eigenvalue weighted by atomic mass is 79.9. The molecule has 118 valence electrons. The molecular formula is C17H21BrN2O2. The smallest absolute Gasteiger partial charge is 0.260 e. The van der Waals surface area contributed by atoms with Gasteiger partial charge in [0.25, 0.3) is 5.91 Å². The monoisotopic (exact) mass is 364 g/mol. The summed E-state index contributed by atoms with van der Waals surface area (Å²) >= 11 is 3.37. The lowest BCUT2D eigenvalue weighted by Crippen LogP contribution is -2.28. The number of carbonyl (C=O) groups is 1. The minimum Gasteiger partial charge on any atom is -0.386 e. The summed E-state index contributed by atoms with van der Waals surface area (Å²) in [7, 11) is 0. The zero-order valence-corrected chi connectivity index (χ0v) is 14.1. The molecule has 1 aromatic carbocycles. The molecule has 22 heavy (non-hydrogen) atoms. The van der Waals surface area contributed by atoms with Crippen molar-refractivity contribution in [3.05, 3.63) is 46.0 Å². The number of halogens is 1. The van der Waals surface area contributed by atoms with Gasteiger partial charge in [-0.2, -0.15) is 0 Å². The first-order valence-electron chi connectivity index (χ1n) is 7.59. The second-order valence-corrected chi connectivity index (χ2v) is 6.18. The van der Waals surface area contributed by atoms with Crippen LogP contribution in [0.5, 0.6) is 0 Å². The molecule has 0 saturated heterocycles. The van der Waals surface area contributed by atoms with Gasteiger partial charge in [-0.05, 0) is 49.8 Å². The van der Waals surface area contributed by atoms with Gasteiger partial charge in [0.15, 0.2) is 6.61 Å². The van der Waals surface area contributed by atoms with E-state index in [9.17, 15) is 4.79 Å². The second-order valence-electron chi connectivity index (χ2n) is 5.27. The summed E-state index contributed by atoms with van der Waals surface area (Å²) in [5, 5.41) is 6.65. The fourth-order valence-electron chi connectivity index (χ4n) is 2.29. The van der Waals surface area contributed by atoms with Gasteiger partial charge in [-0.3, -0.25) is 4.79 Å². The first-order chi connectivity index (χ1) is 10.7. The van der Waals surface area contributed by atoms with E-state index < -0.39 is 0 Å². The van der Waals surface area contributed by atoms with E-state index in [0.29, 0.717) is 6.54 Å². The highest BCUT2D eigenvalue weighted by Crippen LogP contribution is 2.19. The van der Waals surface area contributed by atoms with Crippen LogP contribution in [0.2, 0.25) is 0 Å². The number of rotatable bonds is 7. The number of hydrogen-bond acceptors (Lipinski definition) is 3. The zero-order valence-electron chi connectivity index (χ0n) is 12.6. The number of oxime groups is 1. The Morgan fingerprint density at radius 3 is 2.86 bits per heavy atom. The highest BCUT2D eigenvalue weighted by Gasteiger charge is 2.05. The summed E-state index contributed by atoms with van der Waals surface area (Å²) in [6.07, 6.45) is 9.74. The summed E-state index contributed by atoms with van der Waals surface area (Å²) in [4.78, 5) is 16.6. The molecule has 0 bridgehead atoms. The fourth-order valence-corrected chi connectivity index (χ4v) is 2.55. The molecule has 0 heterocycles. The van der Waals surface area contributed by atoms with Gasteiger partial charge in [-0.25, -0.2) is 0 Å². The van der Waals surface area contributed by atoms with E-state index in [0.717, 1.165) is 16.5 Å². The van der Waals surface area contributed by atoms with Crippen LogP contribution in [0.4, 0.5) is 0 Å². The molecule has 1 N–H and O–H groups in total. The van der Waals surface area contributed by atoms with E-state index in [1.54, 1.807) is 6.21 Å². The molecular weight excluding hydrogens is 344 g/mol. The van der Waals surface area contributed by atoms with Crippen LogP contribution >= 0.6 is 15.9 Å². The summed E-state index contributed by atoms with van der Waals surface area (Å²) in [6, 6.07) is 7.67.